The number of anilines is 1. The highest BCUT2D eigenvalue weighted by atomic mass is 19.1. The second-order valence-electron chi connectivity index (χ2n) is 8.49. The molecule has 2 aromatic carbocycles. The number of methoxy groups -OCH3 is 1. The first-order chi connectivity index (χ1) is 15.3. The monoisotopic (exact) mass is 428 g/mol. The van der Waals surface area contributed by atoms with Crippen LogP contribution in [0.2, 0.25) is 0 Å². The first kappa shape index (κ1) is 20.0. The maximum Gasteiger partial charge on any atom is 0.316 e. The van der Waals surface area contributed by atoms with Gasteiger partial charge in [0.15, 0.2) is 0 Å². The minimum absolute atomic E-state index is 0.0371. The van der Waals surface area contributed by atoms with Gasteiger partial charge in [0, 0.05) is 29.2 Å². The summed E-state index contributed by atoms with van der Waals surface area (Å²) in [6, 6.07) is 8.04. The molecule has 0 atom stereocenters. The van der Waals surface area contributed by atoms with Gasteiger partial charge < -0.3 is 14.7 Å². The quantitative estimate of drug-likeness (QED) is 0.478. The number of aromatic hydroxyl groups is 1. The zero-order valence-corrected chi connectivity index (χ0v) is 18.0. The molecule has 1 N–H and O–H groups in total. The zero-order chi connectivity index (χ0) is 22.6. The summed E-state index contributed by atoms with van der Waals surface area (Å²) in [5.41, 5.74) is 1.75. The van der Waals surface area contributed by atoms with Crippen LogP contribution in [0.5, 0.6) is 11.8 Å². The van der Waals surface area contributed by atoms with Gasteiger partial charge >= 0.3 is 6.01 Å². The predicted molar refractivity (Wildman–Crippen MR) is 122 cm³/mol. The normalized spacial score (nSPS) is 14.9. The van der Waals surface area contributed by atoms with Gasteiger partial charge in [-0.1, -0.05) is 12.0 Å². The Morgan fingerprint density at radius 3 is 2.69 bits per heavy atom. The molecule has 0 radical (unpaired) electrons. The molecule has 0 spiro atoms. The number of terminal acetylenes is 1. The number of nitrogens with zero attached hydrogens (tertiary/aromatic N) is 4. The minimum atomic E-state index is -0.499. The molecule has 1 aliphatic heterocycles. The third kappa shape index (κ3) is 2.99. The van der Waals surface area contributed by atoms with E-state index in [0.29, 0.717) is 27.5 Å². The fourth-order valence-corrected chi connectivity index (χ4v) is 4.27. The van der Waals surface area contributed by atoms with E-state index in [4.69, 9.17) is 16.1 Å². The lowest BCUT2D eigenvalue weighted by atomic mass is 9.88. The first-order valence-corrected chi connectivity index (χ1v) is 10.2. The number of phenolic OH excluding ortho intramolecular Hbond substituents is 1. The molecule has 2 aromatic heterocycles. The lowest BCUT2D eigenvalue weighted by molar-refractivity contribution is 0.330. The maximum atomic E-state index is 14.6. The van der Waals surface area contributed by atoms with E-state index in [1.807, 2.05) is 0 Å². The van der Waals surface area contributed by atoms with Crippen LogP contribution in [0.3, 0.4) is 0 Å². The van der Waals surface area contributed by atoms with E-state index >= 15 is 0 Å². The highest BCUT2D eigenvalue weighted by molar-refractivity contribution is 6.03. The Kier molecular flexibility index (Phi) is 4.41. The average molecular weight is 428 g/mol. The van der Waals surface area contributed by atoms with Crippen molar-refractivity contribution < 1.29 is 14.2 Å². The summed E-state index contributed by atoms with van der Waals surface area (Å²) in [5, 5.41) is 12.3. The predicted octanol–water partition coefficient (Wildman–Crippen LogP) is 4.67. The molecule has 0 unspecified atom stereocenters. The summed E-state index contributed by atoms with van der Waals surface area (Å²) in [7, 11) is 1.51. The molecule has 0 bridgehead atoms. The molecule has 1 fully saturated rings. The van der Waals surface area contributed by atoms with E-state index in [0.717, 1.165) is 24.2 Å². The average Bonchev–Trinajstić information content (AvgIpc) is 2.77. The van der Waals surface area contributed by atoms with Crippen LogP contribution in [0.1, 0.15) is 25.8 Å². The number of hydrogen-bond donors (Lipinski definition) is 1. The van der Waals surface area contributed by atoms with Gasteiger partial charge in [-0.25, -0.2) is 14.4 Å². The van der Waals surface area contributed by atoms with Crippen LogP contribution in [0, 0.1) is 18.2 Å². The fourth-order valence-electron chi connectivity index (χ4n) is 4.27. The highest BCUT2D eigenvalue weighted by Gasteiger charge is 2.38. The number of halogens is 1. The van der Waals surface area contributed by atoms with Crippen LogP contribution < -0.4 is 9.64 Å². The van der Waals surface area contributed by atoms with Crippen molar-refractivity contribution in [2.75, 3.05) is 18.6 Å². The Labute approximate surface area is 184 Å². The van der Waals surface area contributed by atoms with Crippen molar-refractivity contribution in [1.82, 2.24) is 15.0 Å². The summed E-state index contributed by atoms with van der Waals surface area (Å²) >= 11 is 0. The van der Waals surface area contributed by atoms with Crippen molar-refractivity contribution in [3.05, 3.63) is 47.9 Å². The summed E-state index contributed by atoms with van der Waals surface area (Å²) < 4.78 is 19.8. The lowest BCUT2D eigenvalue weighted by Gasteiger charge is -2.49. The Bertz CT molecular complexity index is 1440. The van der Waals surface area contributed by atoms with E-state index in [1.54, 1.807) is 30.5 Å². The third-order valence-corrected chi connectivity index (χ3v) is 6.12. The molecule has 3 heterocycles. The molecule has 6 nitrogen and oxygen atoms in total. The summed E-state index contributed by atoms with van der Waals surface area (Å²) in [4.78, 5) is 15.9. The van der Waals surface area contributed by atoms with Gasteiger partial charge in [-0.2, -0.15) is 4.98 Å². The fraction of sp³-hybridized carbons (Fsp3) is 0.240. The molecule has 32 heavy (non-hydrogen) atoms. The Balaban J connectivity index is 1.87. The van der Waals surface area contributed by atoms with Crippen molar-refractivity contribution in [1.29, 1.82) is 0 Å². The molecule has 5 rings (SSSR count). The van der Waals surface area contributed by atoms with Crippen LogP contribution in [-0.2, 0) is 0 Å². The van der Waals surface area contributed by atoms with Crippen LogP contribution >= 0.6 is 0 Å². The number of pyridine rings is 1. The van der Waals surface area contributed by atoms with Gasteiger partial charge in [-0.05, 0) is 49.9 Å². The molecule has 0 amide bonds. The second kappa shape index (κ2) is 7.06. The number of fused-ring (bicyclic) bond motifs is 2. The minimum Gasteiger partial charge on any atom is -0.508 e. The molecule has 1 aliphatic rings. The number of aromatic nitrogens is 3. The van der Waals surface area contributed by atoms with Gasteiger partial charge in [0.1, 0.15) is 17.4 Å². The SMILES string of the molecule is C#Cc1c(F)ccc2cc(O)cc(-c3cc4nc(OC)ncc4c(N4CCC4(C)C)n3)c12. The number of ether oxygens (including phenoxy) is 1. The van der Waals surface area contributed by atoms with Crippen molar-refractivity contribution in [2.45, 2.75) is 25.8 Å². The summed E-state index contributed by atoms with van der Waals surface area (Å²) in [6.07, 6.45) is 8.39. The topological polar surface area (TPSA) is 71.4 Å². The largest absolute Gasteiger partial charge is 0.508 e. The molecule has 1 saturated heterocycles. The van der Waals surface area contributed by atoms with Crippen LogP contribution in [0.4, 0.5) is 10.2 Å². The van der Waals surface area contributed by atoms with Crippen molar-refractivity contribution in [3.63, 3.8) is 0 Å². The standard InChI is InChI=1S/C25H21FN4O2/c1-5-16-19(26)7-6-14-10-15(31)11-17(22(14)16)20-12-21-18(13-27-24(29-21)32-4)23(28-20)30-9-8-25(30,2)3/h1,6-7,10-13,31H,8-9H2,2-4H3. The van der Waals surface area contributed by atoms with Gasteiger partial charge in [0.2, 0.25) is 0 Å². The van der Waals surface area contributed by atoms with Gasteiger partial charge in [-0.3, -0.25) is 0 Å². The van der Waals surface area contributed by atoms with Crippen LogP contribution in [-0.4, -0.2) is 39.3 Å². The van der Waals surface area contributed by atoms with Crippen molar-refractivity contribution in [3.8, 4) is 35.4 Å². The lowest BCUT2D eigenvalue weighted by Crippen LogP contribution is -2.56. The van der Waals surface area contributed by atoms with Gasteiger partial charge in [0.05, 0.1) is 29.3 Å². The van der Waals surface area contributed by atoms with E-state index < -0.39 is 5.82 Å². The smallest absolute Gasteiger partial charge is 0.316 e. The first-order valence-electron chi connectivity index (χ1n) is 10.2. The number of benzene rings is 2. The molecule has 0 saturated carbocycles. The Morgan fingerprint density at radius 1 is 1.22 bits per heavy atom. The Morgan fingerprint density at radius 2 is 2.03 bits per heavy atom. The van der Waals surface area contributed by atoms with Crippen molar-refractivity contribution in [2.24, 2.45) is 0 Å². The zero-order valence-electron chi connectivity index (χ0n) is 18.0. The molecular formula is C25H21FN4O2. The Hall–Kier alpha value is -3.92. The highest BCUT2D eigenvalue weighted by Crippen LogP contribution is 2.41. The number of hydrogen-bond acceptors (Lipinski definition) is 6. The molecule has 0 aliphatic carbocycles. The van der Waals surface area contributed by atoms with E-state index in [9.17, 15) is 9.50 Å². The molecule has 4 aromatic rings. The molecule has 7 heteroatoms. The van der Waals surface area contributed by atoms with E-state index in [1.165, 1.54) is 13.2 Å². The van der Waals surface area contributed by atoms with E-state index in [-0.39, 0.29) is 22.9 Å². The maximum absolute atomic E-state index is 14.6. The van der Waals surface area contributed by atoms with Crippen molar-refractivity contribution >= 4 is 27.5 Å². The number of rotatable bonds is 3. The third-order valence-electron chi connectivity index (χ3n) is 6.12. The van der Waals surface area contributed by atoms with Crippen LogP contribution in [0.25, 0.3) is 32.9 Å². The van der Waals surface area contributed by atoms with Gasteiger partial charge in [0.25, 0.3) is 0 Å². The second-order valence-corrected chi connectivity index (χ2v) is 8.49. The number of phenols is 1. The molecule has 160 valence electrons. The van der Waals surface area contributed by atoms with Crippen LogP contribution in [0.15, 0.2) is 36.5 Å². The summed E-state index contributed by atoms with van der Waals surface area (Å²) in [5.74, 6) is 2.72. The summed E-state index contributed by atoms with van der Waals surface area (Å²) in [6.45, 7) is 5.14. The molecular weight excluding hydrogens is 407 g/mol. The van der Waals surface area contributed by atoms with Gasteiger partial charge in [-0.15, -0.1) is 6.42 Å². The van der Waals surface area contributed by atoms with E-state index in [2.05, 4.69) is 34.6 Å².